The van der Waals surface area contributed by atoms with Crippen LogP contribution in [0, 0.1) is 12.8 Å². The molecule has 0 saturated carbocycles. The average Bonchev–Trinajstić information content (AvgIpc) is 2.75. The third-order valence-electron chi connectivity index (χ3n) is 5.28. The molecule has 1 aliphatic heterocycles. The predicted molar refractivity (Wildman–Crippen MR) is 112 cm³/mol. The SMILES string of the molecule is COCC1CCCN(c2ncc(-c3cccnc3)c(-c3ccc(C)cc3)n2)C1. The first-order valence-electron chi connectivity index (χ1n) is 9.83. The third-order valence-corrected chi connectivity index (χ3v) is 5.28. The lowest BCUT2D eigenvalue weighted by atomic mass is 9.99. The highest BCUT2D eigenvalue weighted by atomic mass is 16.5. The Bertz CT molecular complexity index is 910. The van der Waals surface area contributed by atoms with Crippen LogP contribution in [0.15, 0.2) is 55.0 Å². The zero-order chi connectivity index (χ0) is 19.3. The summed E-state index contributed by atoms with van der Waals surface area (Å²) >= 11 is 0. The lowest BCUT2D eigenvalue weighted by molar-refractivity contribution is 0.143. The van der Waals surface area contributed by atoms with Gasteiger partial charge in [0.15, 0.2) is 0 Å². The van der Waals surface area contributed by atoms with Crippen molar-refractivity contribution in [2.75, 3.05) is 31.7 Å². The molecule has 0 radical (unpaired) electrons. The van der Waals surface area contributed by atoms with Crippen molar-refractivity contribution in [1.29, 1.82) is 0 Å². The number of aromatic nitrogens is 3. The largest absolute Gasteiger partial charge is 0.384 e. The summed E-state index contributed by atoms with van der Waals surface area (Å²) < 4.78 is 5.37. The van der Waals surface area contributed by atoms with Gasteiger partial charge in [0.1, 0.15) is 0 Å². The highest BCUT2D eigenvalue weighted by molar-refractivity contribution is 5.80. The molecule has 28 heavy (non-hydrogen) atoms. The van der Waals surface area contributed by atoms with Crippen molar-refractivity contribution in [2.45, 2.75) is 19.8 Å². The van der Waals surface area contributed by atoms with Crippen LogP contribution in [0.5, 0.6) is 0 Å². The van der Waals surface area contributed by atoms with E-state index >= 15 is 0 Å². The number of piperidine rings is 1. The summed E-state index contributed by atoms with van der Waals surface area (Å²) in [5.74, 6) is 1.33. The number of benzene rings is 1. The van der Waals surface area contributed by atoms with E-state index in [1.54, 1.807) is 13.3 Å². The van der Waals surface area contributed by atoms with Gasteiger partial charge in [0.2, 0.25) is 5.95 Å². The predicted octanol–water partition coefficient (Wildman–Crippen LogP) is 4.38. The molecule has 0 N–H and O–H groups in total. The highest BCUT2D eigenvalue weighted by Crippen LogP contribution is 2.32. The van der Waals surface area contributed by atoms with Gasteiger partial charge in [0.25, 0.3) is 0 Å². The van der Waals surface area contributed by atoms with Crippen molar-refractivity contribution in [2.24, 2.45) is 5.92 Å². The smallest absolute Gasteiger partial charge is 0.225 e. The van der Waals surface area contributed by atoms with E-state index in [1.807, 2.05) is 18.5 Å². The van der Waals surface area contributed by atoms with Gasteiger partial charge < -0.3 is 9.64 Å². The van der Waals surface area contributed by atoms with Gasteiger partial charge in [0.05, 0.1) is 12.3 Å². The lowest BCUT2D eigenvalue weighted by Gasteiger charge is -2.32. The molecule has 1 unspecified atom stereocenters. The minimum Gasteiger partial charge on any atom is -0.384 e. The van der Waals surface area contributed by atoms with Crippen LogP contribution in [0.25, 0.3) is 22.4 Å². The monoisotopic (exact) mass is 374 g/mol. The molecule has 3 aromatic rings. The number of hydrogen-bond donors (Lipinski definition) is 0. The van der Waals surface area contributed by atoms with Gasteiger partial charge in [-0.2, -0.15) is 0 Å². The Hall–Kier alpha value is -2.79. The lowest BCUT2D eigenvalue weighted by Crippen LogP contribution is -2.38. The number of anilines is 1. The molecule has 144 valence electrons. The average molecular weight is 374 g/mol. The Labute approximate surface area is 166 Å². The second-order valence-electron chi connectivity index (χ2n) is 7.45. The van der Waals surface area contributed by atoms with Gasteiger partial charge in [0, 0.05) is 55.5 Å². The van der Waals surface area contributed by atoms with Crippen molar-refractivity contribution in [1.82, 2.24) is 15.0 Å². The van der Waals surface area contributed by atoms with Gasteiger partial charge >= 0.3 is 0 Å². The topological polar surface area (TPSA) is 51.1 Å². The minimum absolute atomic E-state index is 0.531. The van der Waals surface area contributed by atoms with Crippen molar-refractivity contribution in [3.63, 3.8) is 0 Å². The van der Waals surface area contributed by atoms with Crippen LogP contribution in [0.3, 0.4) is 0 Å². The summed E-state index contributed by atoms with van der Waals surface area (Å²) in [6, 6.07) is 12.5. The van der Waals surface area contributed by atoms with Gasteiger partial charge in [-0.1, -0.05) is 35.9 Å². The molecule has 0 spiro atoms. The third kappa shape index (κ3) is 4.04. The number of methoxy groups -OCH3 is 1. The van der Waals surface area contributed by atoms with E-state index in [0.717, 1.165) is 54.4 Å². The number of pyridine rings is 1. The van der Waals surface area contributed by atoms with Crippen molar-refractivity contribution in [3.8, 4) is 22.4 Å². The summed E-state index contributed by atoms with van der Waals surface area (Å²) in [5.41, 5.74) is 5.32. The van der Waals surface area contributed by atoms with Crippen LogP contribution in [-0.4, -0.2) is 41.8 Å². The first-order valence-corrected chi connectivity index (χ1v) is 9.83. The number of aryl methyl sites for hydroxylation is 1. The van der Waals surface area contributed by atoms with Gasteiger partial charge in [-0.25, -0.2) is 9.97 Å². The number of ether oxygens (including phenoxy) is 1. The van der Waals surface area contributed by atoms with Crippen molar-refractivity contribution in [3.05, 3.63) is 60.6 Å². The summed E-state index contributed by atoms with van der Waals surface area (Å²) in [6.45, 7) is 4.81. The van der Waals surface area contributed by atoms with E-state index in [-0.39, 0.29) is 0 Å². The molecule has 5 nitrogen and oxygen atoms in total. The first-order chi connectivity index (χ1) is 13.7. The normalized spacial score (nSPS) is 16.9. The number of nitrogens with zero attached hydrogens (tertiary/aromatic N) is 4. The molecule has 5 heteroatoms. The summed E-state index contributed by atoms with van der Waals surface area (Å²) in [4.78, 5) is 16.3. The van der Waals surface area contributed by atoms with E-state index < -0.39 is 0 Å². The molecule has 1 fully saturated rings. The maximum Gasteiger partial charge on any atom is 0.225 e. The van der Waals surface area contributed by atoms with Crippen LogP contribution in [-0.2, 0) is 4.74 Å². The second-order valence-corrected chi connectivity index (χ2v) is 7.45. The van der Waals surface area contributed by atoms with Crippen LogP contribution in [0.2, 0.25) is 0 Å². The standard InChI is InChI=1S/C23H26N4O/c1-17-7-9-19(10-8-17)22-21(20-6-3-11-24-13-20)14-25-23(26-22)27-12-4-5-18(15-27)16-28-2/h3,6-11,13-14,18H,4-5,12,15-16H2,1-2H3. The van der Waals surface area contributed by atoms with Crippen molar-refractivity contribution < 1.29 is 4.74 Å². The van der Waals surface area contributed by atoms with E-state index in [4.69, 9.17) is 14.7 Å². The van der Waals surface area contributed by atoms with Crippen molar-refractivity contribution >= 4 is 5.95 Å². The first kappa shape index (κ1) is 18.6. The molecule has 1 aromatic carbocycles. The minimum atomic E-state index is 0.531. The van der Waals surface area contributed by atoms with Gasteiger partial charge in [-0.3, -0.25) is 4.98 Å². The number of rotatable bonds is 5. The summed E-state index contributed by atoms with van der Waals surface area (Å²) in [7, 11) is 1.77. The molecule has 4 rings (SSSR count). The fraction of sp³-hybridized carbons (Fsp3) is 0.348. The zero-order valence-corrected chi connectivity index (χ0v) is 16.5. The fourth-order valence-corrected chi connectivity index (χ4v) is 3.81. The molecule has 2 aromatic heterocycles. The Morgan fingerprint density at radius 2 is 1.96 bits per heavy atom. The van der Waals surface area contributed by atoms with Gasteiger partial charge in [-0.05, 0) is 31.7 Å². The quantitative estimate of drug-likeness (QED) is 0.663. The summed E-state index contributed by atoms with van der Waals surface area (Å²) in [5, 5.41) is 0. The van der Waals surface area contributed by atoms with E-state index in [1.165, 1.54) is 12.0 Å². The maximum absolute atomic E-state index is 5.37. The maximum atomic E-state index is 5.37. The molecule has 1 saturated heterocycles. The number of hydrogen-bond acceptors (Lipinski definition) is 5. The molecule has 1 aliphatic rings. The van der Waals surface area contributed by atoms with Gasteiger partial charge in [-0.15, -0.1) is 0 Å². The Morgan fingerprint density at radius 3 is 2.71 bits per heavy atom. The van der Waals surface area contributed by atoms with Crippen LogP contribution in [0.4, 0.5) is 5.95 Å². The highest BCUT2D eigenvalue weighted by Gasteiger charge is 2.23. The second kappa shape index (κ2) is 8.48. The Kier molecular flexibility index (Phi) is 5.63. The molecule has 0 bridgehead atoms. The Balaban J connectivity index is 1.74. The zero-order valence-electron chi connectivity index (χ0n) is 16.5. The molecule has 3 heterocycles. The fourth-order valence-electron chi connectivity index (χ4n) is 3.81. The van der Waals surface area contributed by atoms with E-state index in [9.17, 15) is 0 Å². The van der Waals surface area contributed by atoms with Crippen LogP contribution >= 0.6 is 0 Å². The molecular formula is C23H26N4O. The summed E-state index contributed by atoms with van der Waals surface area (Å²) in [6.07, 6.45) is 7.93. The van der Waals surface area contributed by atoms with E-state index in [0.29, 0.717) is 5.92 Å². The van der Waals surface area contributed by atoms with E-state index in [2.05, 4.69) is 47.1 Å². The molecule has 1 atom stereocenters. The Morgan fingerprint density at radius 1 is 1.11 bits per heavy atom. The van der Waals surface area contributed by atoms with Crippen LogP contribution in [0.1, 0.15) is 18.4 Å². The molecule has 0 amide bonds. The molecule has 0 aliphatic carbocycles. The molecular weight excluding hydrogens is 348 g/mol. The van der Waals surface area contributed by atoms with Crippen LogP contribution < -0.4 is 4.90 Å².